The Hall–Kier alpha value is -1.51. The molecule has 0 unspecified atom stereocenters. The Morgan fingerprint density at radius 1 is 1.04 bits per heavy atom. The van der Waals surface area contributed by atoms with Crippen LogP contribution in [0, 0.1) is 0 Å². The summed E-state index contributed by atoms with van der Waals surface area (Å²) >= 11 is 3.42. The van der Waals surface area contributed by atoms with E-state index < -0.39 is 6.09 Å². The van der Waals surface area contributed by atoms with Gasteiger partial charge >= 0.3 is 6.09 Å². The lowest BCUT2D eigenvalue weighted by Crippen LogP contribution is -2.41. The summed E-state index contributed by atoms with van der Waals surface area (Å²) in [6, 6.07) is 5.52. The van der Waals surface area contributed by atoms with E-state index in [0.717, 1.165) is 10.2 Å². The van der Waals surface area contributed by atoms with E-state index in [9.17, 15) is 4.79 Å². The number of benzene rings is 1. The lowest BCUT2D eigenvalue weighted by molar-refractivity contribution is 0.0202. The zero-order chi connectivity index (χ0) is 19.4. The van der Waals surface area contributed by atoms with E-state index in [0.29, 0.717) is 38.8 Å². The summed E-state index contributed by atoms with van der Waals surface area (Å²) in [4.78, 5) is 11.4. The third-order valence-electron chi connectivity index (χ3n) is 2.93. The summed E-state index contributed by atoms with van der Waals surface area (Å²) in [7, 11) is 1.61. The molecule has 0 saturated carbocycles. The molecule has 0 aromatic heterocycles. The van der Waals surface area contributed by atoms with Crippen LogP contribution in [0.2, 0.25) is 0 Å². The molecule has 0 saturated heterocycles. The van der Waals surface area contributed by atoms with Crippen LogP contribution < -0.4 is 14.8 Å². The number of methoxy groups -OCH3 is 1. The molecule has 0 aliphatic rings. The summed E-state index contributed by atoms with van der Waals surface area (Å²) in [5, 5.41) is 2.70. The van der Waals surface area contributed by atoms with Gasteiger partial charge in [0.05, 0.1) is 38.0 Å². The molecular weight excluding hydrogens is 406 g/mol. The van der Waals surface area contributed by atoms with Crippen LogP contribution in [0.3, 0.4) is 0 Å². The molecule has 0 heterocycles. The molecule has 0 bridgehead atoms. The van der Waals surface area contributed by atoms with Crippen molar-refractivity contribution in [1.29, 1.82) is 0 Å². The normalized spacial score (nSPS) is 11.1. The minimum Gasteiger partial charge on any atom is -0.497 e. The number of rotatable bonds is 11. The number of carbonyl (C=O) groups is 1. The SMILES string of the molecule is COc1ccc(Br)c(OCCOCCOCCOC(=O)NC(C)(C)C)c1. The third-order valence-corrected chi connectivity index (χ3v) is 3.59. The first-order chi connectivity index (χ1) is 12.3. The van der Waals surface area contributed by atoms with Gasteiger partial charge in [-0.15, -0.1) is 0 Å². The Labute approximate surface area is 163 Å². The topological polar surface area (TPSA) is 75.2 Å². The van der Waals surface area contributed by atoms with Gasteiger partial charge in [0.25, 0.3) is 0 Å². The van der Waals surface area contributed by atoms with Gasteiger partial charge in [-0.1, -0.05) is 0 Å². The Bertz CT molecular complexity index is 547. The van der Waals surface area contributed by atoms with E-state index in [1.165, 1.54) is 0 Å². The largest absolute Gasteiger partial charge is 0.497 e. The fraction of sp³-hybridized carbons (Fsp3) is 0.611. The second-order valence-corrected chi connectivity index (χ2v) is 7.23. The van der Waals surface area contributed by atoms with Gasteiger partial charge in [0, 0.05) is 11.6 Å². The van der Waals surface area contributed by atoms with E-state index in [2.05, 4.69) is 21.2 Å². The highest BCUT2D eigenvalue weighted by Crippen LogP contribution is 2.29. The number of nitrogens with one attached hydrogen (secondary N) is 1. The Kier molecular flexibility index (Phi) is 10.4. The molecule has 1 aromatic carbocycles. The van der Waals surface area contributed by atoms with Crippen molar-refractivity contribution in [1.82, 2.24) is 5.32 Å². The minimum atomic E-state index is -0.446. The molecule has 0 fully saturated rings. The van der Waals surface area contributed by atoms with Crippen molar-refractivity contribution in [2.24, 2.45) is 0 Å². The van der Waals surface area contributed by atoms with Gasteiger partial charge < -0.3 is 29.0 Å². The van der Waals surface area contributed by atoms with Crippen LogP contribution in [0.25, 0.3) is 0 Å². The van der Waals surface area contributed by atoms with Crippen LogP contribution in [-0.2, 0) is 14.2 Å². The standard InChI is InChI=1S/C18H28BrNO6/c1-18(2,3)20-17(21)26-12-10-24-8-7-23-9-11-25-16-13-14(22-4)5-6-15(16)19/h5-6,13H,7-12H2,1-4H3,(H,20,21). The maximum absolute atomic E-state index is 11.4. The highest BCUT2D eigenvalue weighted by atomic mass is 79.9. The quantitative estimate of drug-likeness (QED) is 0.539. The predicted octanol–water partition coefficient (Wildman–Crippen LogP) is 3.39. The average molecular weight is 434 g/mol. The number of ether oxygens (including phenoxy) is 5. The van der Waals surface area contributed by atoms with Gasteiger partial charge in [0.1, 0.15) is 24.7 Å². The highest BCUT2D eigenvalue weighted by Gasteiger charge is 2.14. The molecule has 0 aliphatic heterocycles. The van der Waals surface area contributed by atoms with Gasteiger partial charge in [-0.05, 0) is 48.8 Å². The first-order valence-electron chi connectivity index (χ1n) is 8.38. The summed E-state index contributed by atoms with van der Waals surface area (Å²) in [6.07, 6.45) is -0.446. The molecule has 1 N–H and O–H groups in total. The first kappa shape index (κ1) is 22.5. The summed E-state index contributed by atoms with van der Waals surface area (Å²) in [6.45, 7) is 7.92. The second kappa shape index (κ2) is 12.0. The number of alkyl carbamates (subject to hydrolysis) is 1. The molecule has 0 radical (unpaired) electrons. The Morgan fingerprint density at radius 3 is 2.27 bits per heavy atom. The van der Waals surface area contributed by atoms with Crippen molar-refractivity contribution in [2.75, 3.05) is 46.8 Å². The summed E-state index contributed by atoms with van der Waals surface area (Å²) in [5.74, 6) is 1.44. The van der Waals surface area contributed by atoms with Gasteiger partial charge in [0.2, 0.25) is 0 Å². The zero-order valence-electron chi connectivity index (χ0n) is 15.8. The molecule has 1 rings (SSSR count). The van der Waals surface area contributed by atoms with Crippen molar-refractivity contribution >= 4 is 22.0 Å². The predicted molar refractivity (Wildman–Crippen MR) is 102 cm³/mol. The fourth-order valence-corrected chi connectivity index (χ4v) is 2.15. The Morgan fingerprint density at radius 2 is 1.65 bits per heavy atom. The van der Waals surface area contributed by atoms with Gasteiger partial charge in [0.15, 0.2) is 0 Å². The smallest absolute Gasteiger partial charge is 0.407 e. The fourth-order valence-electron chi connectivity index (χ4n) is 1.79. The van der Waals surface area contributed by atoms with Crippen LogP contribution in [0.15, 0.2) is 22.7 Å². The molecule has 148 valence electrons. The number of carbonyl (C=O) groups excluding carboxylic acids is 1. The number of hydrogen-bond acceptors (Lipinski definition) is 6. The monoisotopic (exact) mass is 433 g/mol. The van der Waals surface area contributed by atoms with Crippen molar-refractivity contribution < 1.29 is 28.5 Å². The van der Waals surface area contributed by atoms with Crippen LogP contribution in [0.5, 0.6) is 11.5 Å². The maximum atomic E-state index is 11.4. The lowest BCUT2D eigenvalue weighted by Gasteiger charge is -2.19. The van der Waals surface area contributed by atoms with Crippen LogP contribution in [-0.4, -0.2) is 58.4 Å². The molecule has 1 aromatic rings. The second-order valence-electron chi connectivity index (χ2n) is 6.38. The third kappa shape index (κ3) is 10.5. The van der Waals surface area contributed by atoms with Crippen LogP contribution >= 0.6 is 15.9 Å². The lowest BCUT2D eigenvalue weighted by atomic mass is 10.1. The van der Waals surface area contributed by atoms with Crippen LogP contribution in [0.1, 0.15) is 20.8 Å². The molecule has 0 aliphatic carbocycles. The van der Waals surface area contributed by atoms with Gasteiger partial charge in [-0.3, -0.25) is 0 Å². The molecule has 0 atom stereocenters. The molecule has 8 heteroatoms. The van der Waals surface area contributed by atoms with Gasteiger partial charge in [-0.2, -0.15) is 0 Å². The van der Waals surface area contributed by atoms with Crippen molar-refractivity contribution in [3.8, 4) is 11.5 Å². The summed E-state index contributed by atoms with van der Waals surface area (Å²) < 4.78 is 27.4. The molecular formula is C18H28BrNO6. The van der Waals surface area contributed by atoms with Crippen molar-refractivity contribution in [2.45, 2.75) is 26.3 Å². The minimum absolute atomic E-state index is 0.203. The first-order valence-corrected chi connectivity index (χ1v) is 9.18. The number of hydrogen-bond donors (Lipinski definition) is 1. The Balaban J connectivity index is 1.99. The van der Waals surface area contributed by atoms with E-state index in [-0.39, 0.29) is 12.1 Å². The van der Waals surface area contributed by atoms with Crippen molar-refractivity contribution in [3.05, 3.63) is 22.7 Å². The molecule has 0 spiro atoms. The van der Waals surface area contributed by atoms with Crippen molar-refractivity contribution in [3.63, 3.8) is 0 Å². The van der Waals surface area contributed by atoms with E-state index in [1.54, 1.807) is 7.11 Å². The van der Waals surface area contributed by atoms with Crippen LogP contribution in [0.4, 0.5) is 4.79 Å². The van der Waals surface area contributed by atoms with E-state index >= 15 is 0 Å². The zero-order valence-corrected chi connectivity index (χ0v) is 17.4. The van der Waals surface area contributed by atoms with Gasteiger partial charge in [-0.25, -0.2) is 4.79 Å². The summed E-state index contributed by atoms with van der Waals surface area (Å²) in [5.41, 5.74) is -0.311. The van der Waals surface area contributed by atoms with E-state index in [4.69, 9.17) is 23.7 Å². The highest BCUT2D eigenvalue weighted by molar-refractivity contribution is 9.10. The molecule has 26 heavy (non-hydrogen) atoms. The molecule has 7 nitrogen and oxygen atoms in total. The number of amides is 1. The van der Waals surface area contributed by atoms with E-state index in [1.807, 2.05) is 39.0 Å². The molecule has 1 amide bonds. The number of halogens is 1. The average Bonchev–Trinajstić information content (AvgIpc) is 2.56. The maximum Gasteiger partial charge on any atom is 0.407 e.